The Bertz CT molecular complexity index is 578. The number of carbonyl (C=O) groups excluding carboxylic acids is 2. The molecule has 1 aliphatic heterocycles. The normalized spacial score (nSPS) is 15.7. The van der Waals surface area contributed by atoms with E-state index < -0.39 is 23.6 Å². The first kappa shape index (κ1) is 12.6. The number of halogens is 4. The van der Waals surface area contributed by atoms with E-state index in [1.165, 1.54) is 6.07 Å². The van der Waals surface area contributed by atoms with Gasteiger partial charge in [-0.1, -0.05) is 11.6 Å². The number of benzene rings is 1. The van der Waals surface area contributed by atoms with Crippen molar-refractivity contribution in [3.63, 3.8) is 0 Å². The highest BCUT2D eigenvalue weighted by Crippen LogP contribution is 2.33. The van der Waals surface area contributed by atoms with Crippen molar-refractivity contribution >= 4 is 29.0 Å². The molecule has 94 valence electrons. The highest BCUT2D eigenvalue weighted by atomic mass is 35.5. The molecule has 1 aliphatic rings. The van der Waals surface area contributed by atoms with Gasteiger partial charge in [0, 0.05) is 11.1 Å². The minimum Gasteiger partial charge on any atom is -0.289 e. The van der Waals surface area contributed by atoms with Crippen LogP contribution in [-0.2, 0) is 15.8 Å². The lowest BCUT2D eigenvalue weighted by atomic mass is 10.0. The Hall–Kier alpha value is -1.82. The molecule has 0 aromatic heterocycles. The zero-order valence-corrected chi connectivity index (χ0v) is 9.39. The van der Waals surface area contributed by atoms with Crippen LogP contribution < -0.4 is 5.32 Å². The molecule has 1 aromatic rings. The van der Waals surface area contributed by atoms with Gasteiger partial charge in [-0.3, -0.25) is 14.9 Å². The molecule has 18 heavy (non-hydrogen) atoms. The Kier molecular flexibility index (Phi) is 2.90. The van der Waals surface area contributed by atoms with Crippen LogP contribution >= 0.6 is 11.6 Å². The van der Waals surface area contributed by atoms with Crippen molar-refractivity contribution in [1.82, 2.24) is 5.32 Å². The van der Waals surface area contributed by atoms with Gasteiger partial charge in [-0.15, -0.1) is 0 Å². The molecule has 7 heteroatoms. The predicted molar refractivity (Wildman–Crippen MR) is 57.6 cm³/mol. The summed E-state index contributed by atoms with van der Waals surface area (Å²) in [6.45, 7) is 0. The van der Waals surface area contributed by atoms with Gasteiger partial charge in [0.2, 0.25) is 0 Å². The molecule has 0 radical (unpaired) electrons. The van der Waals surface area contributed by atoms with E-state index in [1.54, 1.807) is 0 Å². The molecule has 3 nitrogen and oxygen atoms in total. The average Bonchev–Trinajstić information content (AvgIpc) is 2.55. The maximum atomic E-state index is 12.6. The van der Waals surface area contributed by atoms with Gasteiger partial charge in [-0.05, 0) is 23.8 Å². The van der Waals surface area contributed by atoms with Crippen molar-refractivity contribution in [2.24, 2.45) is 0 Å². The summed E-state index contributed by atoms with van der Waals surface area (Å²) >= 11 is 5.57. The summed E-state index contributed by atoms with van der Waals surface area (Å²) in [5, 5.41) is 1.79. The molecule has 0 unspecified atom stereocenters. The van der Waals surface area contributed by atoms with E-state index in [0.717, 1.165) is 18.2 Å². The van der Waals surface area contributed by atoms with Gasteiger partial charge < -0.3 is 0 Å². The van der Waals surface area contributed by atoms with Gasteiger partial charge in [0.1, 0.15) is 0 Å². The second-order valence-electron chi connectivity index (χ2n) is 3.60. The molecule has 0 spiro atoms. The fraction of sp³-hybridized carbons (Fsp3) is 0.0909. The largest absolute Gasteiger partial charge is 0.416 e. The maximum absolute atomic E-state index is 12.6. The van der Waals surface area contributed by atoms with E-state index in [1.807, 2.05) is 5.32 Å². The summed E-state index contributed by atoms with van der Waals surface area (Å²) < 4.78 is 37.7. The van der Waals surface area contributed by atoms with Crippen LogP contribution in [0.2, 0.25) is 5.02 Å². The predicted octanol–water partition coefficient (Wildman–Crippen LogP) is 2.40. The number of hydrogen-bond donors (Lipinski definition) is 1. The molecule has 1 heterocycles. The Morgan fingerprint density at radius 3 is 2.28 bits per heavy atom. The van der Waals surface area contributed by atoms with Crippen LogP contribution in [0.15, 0.2) is 24.3 Å². The van der Waals surface area contributed by atoms with Crippen molar-refractivity contribution in [3.05, 3.63) is 40.4 Å². The average molecular weight is 276 g/mol. The van der Waals surface area contributed by atoms with Crippen LogP contribution in [0.5, 0.6) is 0 Å². The molecule has 0 bridgehead atoms. The topological polar surface area (TPSA) is 46.2 Å². The number of imide groups is 1. The minimum absolute atomic E-state index is 0.0434. The SMILES string of the molecule is O=C1C=C(c2cc(Cl)cc(C(F)(F)F)c2)C(=O)N1. The fourth-order valence-corrected chi connectivity index (χ4v) is 1.77. The first-order valence-corrected chi connectivity index (χ1v) is 5.10. The van der Waals surface area contributed by atoms with Crippen LogP contribution in [0.4, 0.5) is 13.2 Å². The third-order valence-electron chi connectivity index (χ3n) is 2.29. The fourth-order valence-electron chi connectivity index (χ4n) is 1.54. The highest BCUT2D eigenvalue weighted by molar-refractivity contribution is 6.34. The van der Waals surface area contributed by atoms with Crippen molar-refractivity contribution in [1.29, 1.82) is 0 Å². The molecule has 0 aliphatic carbocycles. The van der Waals surface area contributed by atoms with E-state index >= 15 is 0 Å². The molecule has 2 amide bonds. The first-order valence-electron chi connectivity index (χ1n) is 4.72. The Morgan fingerprint density at radius 1 is 1.11 bits per heavy atom. The van der Waals surface area contributed by atoms with Gasteiger partial charge >= 0.3 is 6.18 Å². The number of alkyl halides is 3. The van der Waals surface area contributed by atoms with Gasteiger partial charge in [0.05, 0.1) is 11.1 Å². The van der Waals surface area contributed by atoms with Crippen LogP contribution in [-0.4, -0.2) is 11.8 Å². The number of rotatable bonds is 1. The highest BCUT2D eigenvalue weighted by Gasteiger charge is 2.32. The van der Waals surface area contributed by atoms with Crippen molar-refractivity contribution in [2.75, 3.05) is 0 Å². The number of hydrogen-bond acceptors (Lipinski definition) is 2. The lowest BCUT2D eigenvalue weighted by molar-refractivity contribution is -0.137. The second-order valence-corrected chi connectivity index (χ2v) is 4.04. The molecule has 0 fully saturated rings. The van der Waals surface area contributed by atoms with E-state index in [2.05, 4.69) is 0 Å². The summed E-state index contributed by atoms with van der Waals surface area (Å²) in [6.07, 6.45) is -3.63. The van der Waals surface area contributed by atoms with E-state index in [-0.39, 0.29) is 16.2 Å². The molecule has 1 N–H and O–H groups in total. The molecule has 0 atom stereocenters. The van der Waals surface area contributed by atoms with Crippen LogP contribution in [0.25, 0.3) is 5.57 Å². The third kappa shape index (κ3) is 2.38. The zero-order chi connectivity index (χ0) is 13.5. The zero-order valence-electron chi connectivity index (χ0n) is 8.64. The standard InChI is InChI=1S/C11H5ClF3NO2/c12-7-2-5(1-6(3-7)11(13,14)15)8-4-9(17)16-10(8)18/h1-4H,(H,16,17,18). The second kappa shape index (κ2) is 4.13. The van der Waals surface area contributed by atoms with Crippen molar-refractivity contribution in [2.45, 2.75) is 6.18 Å². The van der Waals surface area contributed by atoms with E-state index in [4.69, 9.17) is 11.6 Å². The van der Waals surface area contributed by atoms with Crippen molar-refractivity contribution in [3.8, 4) is 0 Å². The summed E-state index contributed by atoms with van der Waals surface area (Å²) in [6, 6.07) is 2.72. The lowest BCUT2D eigenvalue weighted by Crippen LogP contribution is -2.21. The summed E-state index contributed by atoms with van der Waals surface area (Å²) in [5.74, 6) is -1.40. The van der Waals surface area contributed by atoms with Crippen LogP contribution in [0, 0.1) is 0 Å². The smallest absolute Gasteiger partial charge is 0.289 e. The molecule has 0 saturated carbocycles. The van der Waals surface area contributed by atoms with Gasteiger partial charge in [0.15, 0.2) is 0 Å². The lowest BCUT2D eigenvalue weighted by Gasteiger charge is -2.09. The quantitative estimate of drug-likeness (QED) is 0.800. The van der Waals surface area contributed by atoms with Crippen LogP contribution in [0.1, 0.15) is 11.1 Å². The molecule has 1 aromatic carbocycles. The Balaban J connectivity index is 2.53. The Labute approximate surface area is 104 Å². The van der Waals surface area contributed by atoms with E-state index in [0.29, 0.717) is 0 Å². The molecular weight excluding hydrogens is 271 g/mol. The Morgan fingerprint density at radius 2 is 1.78 bits per heavy atom. The third-order valence-corrected chi connectivity index (χ3v) is 2.51. The maximum Gasteiger partial charge on any atom is 0.416 e. The molecular formula is C11H5ClF3NO2. The van der Waals surface area contributed by atoms with E-state index in [9.17, 15) is 22.8 Å². The number of amides is 2. The number of nitrogens with one attached hydrogen (secondary N) is 1. The van der Waals surface area contributed by atoms with Gasteiger partial charge in [0.25, 0.3) is 11.8 Å². The van der Waals surface area contributed by atoms with Crippen molar-refractivity contribution < 1.29 is 22.8 Å². The summed E-state index contributed by atoms with van der Waals surface area (Å²) in [4.78, 5) is 22.3. The summed E-state index contributed by atoms with van der Waals surface area (Å²) in [5.41, 5.74) is -1.15. The summed E-state index contributed by atoms with van der Waals surface area (Å²) in [7, 11) is 0. The molecule has 0 saturated heterocycles. The monoisotopic (exact) mass is 275 g/mol. The first-order chi connectivity index (χ1) is 8.27. The number of carbonyl (C=O) groups is 2. The van der Waals surface area contributed by atoms with Crippen LogP contribution in [0.3, 0.4) is 0 Å². The van der Waals surface area contributed by atoms with Gasteiger partial charge in [-0.2, -0.15) is 13.2 Å². The minimum atomic E-state index is -4.57. The molecule has 2 rings (SSSR count). The van der Waals surface area contributed by atoms with Gasteiger partial charge in [-0.25, -0.2) is 0 Å².